The summed E-state index contributed by atoms with van der Waals surface area (Å²) in [5.74, 6) is -2.44. The van der Waals surface area contributed by atoms with Gasteiger partial charge in [-0.2, -0.15) is 0 Å². The zero-order valence-electron chi connectivity index (χ0n) is 29.1. The highest BCUT2D eigenvalue weighted by Crippen LogP contribution is 2.43. The van der Waals surface area contributed by atoms with Crippen LogP contribution in [0.15, 0.2) is 48.6 Å². The topological polar surface area (TPSA) is 192 Å². The highest BCUT2D eigenvalue weighted by Gasteiger charge is 2.28. The molecule has 0 heterocycles. The number of ether oxygens (including phenoxy) is 2. The highest BCUT2D eigenvalue weighted by atomic mass is 32.2. The summed E-state index contributed by atoms with van der Waals surface area (Å²) in [6, 6.07) is -1.12. The number of quaternary nitrogens is 1. The van der Waals surface area contributed by atoms with Crippen molar-refractivity contribution >= 4 is 37.5 Å². The lowest BCUT2D eigenvalue weighted by Gasteiger charge is -2.24. The molecule has 0 saturated heterocycles. The van der Waals surface area contributed by atoms with Crippen LogP contribution in [-0.4, -0.2) is 114 Å². The molecule has 0 radical (unpaired) electrons. The van der Waals surface area contributed by atoms with Crippen LogP contribution in [-0.2, 0) is 37.5 Å². The maximum atomic E-state index is 12.6. The molecule has 13 nitrogen and oxygen atoms in total. The summed E-state index contributed by atoms with van der Waals surface area (Å²) < 4.78 is 32.8. The third-order valence-corrected chi connectivity index (χ3v) is 8.80. The van der Waals surface area contributed by atoms with Gasteiger partial charge in [-0.15, -0.1) is 11.8 Å². The van der Waals surface area contributed by atoms with E-state index in [4.69, 9.17) is 29.4 Å². The van der Waals surface area contributed by atoms with E-state index in [1.54, 1.807) is 12.2 Å². The fourth-order valence-corrected chi connectivity index (χ4v) is 5.61. The number of phosphoric ester groups is 1. The number of rotatable bonds is 28. The van der Waals surface area contributed by atoms with E-state index in [9.17, 15) is 28.9 Å². The summed E-state index contributed by atoms with van der Waals surface area (Å²) >= 11 is 1.21. The van der Waals surface area contributed by atoms with Crippen molar-refractivity contribution in [1.82, 2.24) is 0 Å². The number of carboxylic acid groups (broad SMARTS) is 1. The summed E-state index contributed by atoms with van der Waals surface area (Å²) in [5, 5.41) is 19.2. The number of allylic oxidation sites excluding steroid dienone is 7. The second-order valence-electron chi connectivity index (χ2n) is 12.1. The van der Waals surface area contributed by atoms with Gasteiger partial charge in [-0.3, -0.25) is 23.4 Å². The lowest BCUT2D eigenvalue weighted by Crippen LogP contribution is -2.38. The first-order chi connectivity index (χ1) is 22.6. The molecule has 0 aliphatic heterocycles. The average Bonchev–Trinajstić information content (AvgIpc) is 2.98. The zero-order valence-corrected chi connectivity index (χ0v) is 30.8. The Morgan fingerprint density at radius 2 is 1.69 bits per heavy atom. The minimum Gasteiger partial charge on any atom is -0.481 e. The van der Waals surface area contributed by atoms with Crippen molar-refractivity contribution in [3.8, 4) is 0 Å². The minimum absolute atomic E-state index is 0.0497. The van der Waals surface area contributed by atoms with E-state index in [0.29, 0.717) is 11.0 Å². The van der Waals surface area contributed by atoms with E-state index >= 15 is 0 Å². The molecule has 1 unspecified atom stereocenters. The molecule has 5 N–H and O–H groups in total. The third kappa shape index (κ3) is 27.6. The van der Waals surface area contributed by atoms with Gasteiger partial charge in [0.25, 0.3) is 0 Å². The van der Waals surface area contributed by atoms with Crippen LogP contribution < -0.4 is 5.73 Å². The van der Waals surface area contributed by atoms with Gasteiger partial charge >= 0.3 is 25.7 Å². The van der Waals surface area contributed by atoms with Crippen LogP contribution in [0.5, 0.6) is 0 Å². The highest BCUT2D eigenvalue weighted by molar-refractivity contribution is 8.00. The molecule has 0 bridgehead atoms. The first-order valence-corrected chi connectivity index (χ1v) is 18.8. The predicted molar refractivity (Wildman–Crippen MR) is 188 cm³/mol. The van der Waals surface area contributed by atoms with Crippen LogP contribution in [0, 0.1) is 0 Å². The number of likely N-dealkylation sites (N-methyl/N-ethyl adjacent to an activating group) is 1. The fourth-order valence-electron chi connectivity index (χ4n) is 3.75. The number of hydrogen-bond donors (Lipinski definition) is 4. The summed E-state index contributed by atoms with van der Waals surface area (Å²) in [6.45, 7) is 2.65. The molecule has 0 aromatic carbocycles. The Morgan fingerprint density at radius 1 is 0.979 bits per heavy atom. The van der Waals surface area contributed by atoms with E-state index in [0.717, 1.165) is 19.8 Å². The number of esters is 2. The number of carbonyl (C=O) groups is 3. The Labute approximate surface area is 290 Å². The summed E-state index contributed by atoms with van der Waals surface area (Å²) in [7, 11) is 1.20. The van der Waals surface area contributed by atoms with Gasteiger partial charge < -0.3 is 34.8 Å². The summed E-state index contributed by atoms with van der Waals surface area (Å²) in [4.78, 5) is 45.0. The maximum absolute atomic E-state index is 12.6. The van der Waals surface area contributed by atoms with Crippen molar-refractivity contribution in [1.29, 1.82) is 0 Å². The Kier molecular flexibility index (Phi) is 25.3. The van der Waals surface area contributed by atoms with E-state index in [1.807, 2.05) is 45.4 Å². The van der Waals surface area contributed by atoms with Crippen molar-refractivity contribution in [2.75, 3.05) is 53.3 Å². The van der Waals surface area contributed by atoms with Gasteiger partial charge in [0, 0.05) is 24.3 Å². The summed E-state index contributed by atoms with van der Waals surface area (Å²) in [5.41, 5.74) is 6.04. The van der Waals surface area contributed by atoms with Gasteiger partial charge in [-0.1, -0.05) is 68.4 Å². The van der Waals surface area contributed by atoms with Crippen molar-refractivity contribution in [2.24, 2.45) is 5.73 Å². The number of nitrogens with zero attached hydrogens (tertiary/aromatic N) is 1. The van der Waals surface area contributed by atoms with Crippen LogP contribution >= 0.6 is 19.6 Å². The fraction of sp³-hybridized carbons (Fsp3) is 0.667. The number of hydrogen-bond acceptors (Lipinski definition) is 11. The molecule has 0 aliphatic rings. The molecule has 0 aromatic heterocycles. The zero-order chi connectivity index (χ0) is 36.4. The van der Waals surface area contributed by atoms with Crippen LogP contribution in [0.3, 0.4) is 0 Å². The molecule has 0 rings (SSSR count). The predicted octanol–water partition coefficient (Wildman–Crippen LogP) is 4.54. The van der Waals surface area contributed by atoms with Gasteiger partial charge in [-0.05, 0) is 32.1 Å². The molecule has 0 amide bonds. The van der Waals surface area contributed by atoms with Crippen molar-refractivity contribution in [3.05, 3.63) is 48.6 Å². The largest absolute Gasteiger partial charge is 0.481 e. The van der Waals surface area contributed by atoms with E-state index in [1.165, 1.54) is 31.0 Å². The second kappa shape index (κ2) is 26.6. The second-order valence-corrected chi connectivity index (χ2v) is 14.8. The first kappa shape index (κ1) is 45.7. The molecular formula is C33H58N2O11PS+. The van der Waals surface area contributed by atoms with Gasteiger partial charge in [0.15, 0.2) is 6.10 Å². The first-order valence-electron chi connectivity index (χ1n) is 16.2. The summed E-state index contributed by atoms with van der Waals surface area (Å²) in [6.07, 6.45) is 19.4. The van der Waals surface area contributed by atoms with Gasteiger partial charge in [-0.25, -0.2) is 4.57 Å². The van der Waals surface area contributed by atoms with E-state index in [2.05, 4.69) is 19.1 Å². The van der Waals surface area contributed by atoms with Gasteiger partial charge in [0.05, 0.1) is 33.9 Å². The molecule has 0 aliphatic carbocycles. The Hall–Kier alpha value is -2.29. The number of phosphoric acid groups is 1. The van der Waals surface area contributed by atoms with E-state index in [-0.39, 0.29) is 31.6 Å². The molecule has 0 fully saturated rings. The Bertz CT molecular complexity index is 1090. The van der Waals surface area contributed by atoms with Crippen LogP contribution in [0.25, 0.3) is 0 Å². The SMILES string of the molecule is CCCCC/C=C\C\C=C/C=C/C=C/[C@@H](SC[C@H](N)C(=O)OC[C@H](COP(=O)(O)OCC[N+](C)(C)C)OC(C)=O)[C@@H](O)CCCC(=O)O. The van der Waals surface area contributed by atoms with Crippen LogP contribution in [0.2, 0.25) is 0 Å². The number of carboxylic acids is 1. The number of unbranched alkanes of at least 4 members (excludes halogenated alkanes) is 3. The molecule has 276 valence electrons. The molecule has 0 saturated carbocycles. The lowest BCUT2D eigenvalue weighted by atomic mass is 10.1. The van der Waals surface area contributed by atoms with Crippen LogP contribution in [0.1, 0.15) is 65.2 Å². The Balaban J connectivity index is 5.07. The standard InChI is InChI=1S/C33H57N2O11PS/c1-6-7-8-9-10-11-12-13-14-15-16-17-20-31(30(37)19-18-21-32(38)39)48-26-29(34)33(40)43-24-28(46-27(2)36)25-45-47(41,42)44-23-22-35(3,4)5/h10-11,13-17,20,28-31,37H,6-9,12,18-19,21-26,34H2,1-5H3,(H-,38,39,41,42)/p+1/b11-10-,14-13-,16-15+,20-17+/t28-,29+,30+,31-/m1/s1. The number of nitrogens with two attached hydrogens (primary N) is 1. The monoisotopic (exact) mass is 721 g/mol. The van der Waals surface area contributed by atoms with Gasteiger partial charge in [0.1, 0.15) is 25.8 Å². The smallest absolute Gasteiger partial charge is 0.472 e. The van der Waals surface area contributed by atoms with E-state index < -0.39 is 62.4 Å². The number of aliphatic carboxylic acids is 1. The van der Waals surface area contributed by atoms with Crippen molar-refractivity contribution in [3.63, 3.8) is 0 Å². The quantitative estimate of drug-likeness (QED) is 0.0220. The number of carbonyl (C=O) groups excluding carboxylic acids is 2. The normalized spacial score (nSPS) is 16.3. The maximum Gasteiger partial charge on any atom is 0.472 e. The number of aliphatic hydroxyl groups is 1. The molecule has 5 atom stereocenters. The Morgan fingerprint density at radius 3 is 2.33 bits per heavy atom. The average molecular weight is 722 g/mol. The third-order valence-electron chi connectivity index (χ3n) is 6.41. The molecule has 0 aromatic rings. The lowest BCUT2D eigenvalue weighted by molar-refractivity contribution is -0.870. The van der Waals surface area contributed by atoms with Gasteiger partial charge in [0.2, 0.25) is 0 Å². The minimum atomic E-state index is -4.46. The number of aliphatic hydroxyl groups excluding tert-OH is 1. The van der Waals surface area contributed by atoms with Crippen molar-refractivity contribution in [2.45, 2.75) is 88.7 Å². The molecule has 15 heteroatoms. The molecule has 0 spiro atoms. The number of thioether (sulfide) groups is 1. The van der Waals surface area contributed by atoms with Crippen LogP contribution in [0.4, 0.5) is 0 Å². The van der Waals surface area contributed by atoms with Crippen molar-refractivity contribution < 1.29 is 57.1 Å². The molecule has 48 heavy (non-hydrogen) atoms. The molecular weight excluding hydrogens is 663 g/mol.